The van der Waals surface area contributed by atoms with Crippen molar-refractivity contribution in [2.45, 2.75) is 26.1 Å². The molecule has 0 aromatic carbocycles. The molecule has 2 heterocycles. The Morgan fingerprint density at radius 2 is 2.06 bits per heavy atom. The maximum Gasteiger partial charge on any atom is 0.250 e. The van der Waals surface area contributed by atoms with Gasteiger partial charge >= 0.3 is 0 Å². The Balaban J connectivity index is 2.03. The van der Waals surface area contributed by atoms with Crippen LogP contribution in [0.2, 0.25) is 0 Å². The maximum atomic E-state index is 11.5. The van der Waals surface area contributed by atoms with Crippen LogP contribution < -0.4 is 11.3 Å². The van der Waals surface area contributed by atoms with Crippen molar-refractivity contribution in [3.63, 3.8) is 0 Å². The van der Waals surface area contributed by atoms with Gasteiger partial charge in [-0.25, -0.2) is 0 Å². The number of rotatable bonds is 4. The normalized spacial score (nSPS) is 12.6. The molecule has 0 aliphatic rings. The molecule has 0 fully saturated rings. The fourth-order valence-corrected chi connectivity index (χ4v) is 1.74. The molecule has 4 nitrogen and oxygen atoms in total. The van der Waals surface area contributed by atoms with E-state index in [-0.39, 0.29) is 11.6 Å². The van der Waals surface area contributed by atoms with Gasteiger partial charge in [0.1, 0.15) is 0 Å². The third kappa shape index (κ3) is 2.85. The van der Waals surface area contributed by atoms with Crippen LogP contribution in [0, 0.1) is 0 Å². The highest BCUT2D eigenvalue weighted by molar-refractivity contribution is 5.13. The molecule has 2 N–H and O–H groups in total. The summed E-state index contributed by atoms with van der Waals surface area (Å²) in [4.78, 5) is 11.5. The van der Waals surface area contributed by atoms with Gasteiger partial charge in [-0.2, -0.15) is 0 Å². The minimum atomic E-state index is 0.0343. The van der Waals surface area contributed by atoms with Gasteiger partial charge in [-0.3, -0.25) is 4.79 Å². The molecule has 1 atom stereocenters. The van der Waals surface area contributed by atoms with Gasteiger partial charge < -0.3 is 14.9 Å². The summed E-state index contributed by atoms with van der Waals surface area (Å²) in [7, 11) is 0. The first-order valence-corrected chi connectivity index (χ1v) is 5.73. The first-order valence-electron chi connectivity index (χ1n) is 5.73. The molecular weight excluding hydrogens is 214 g/mol. The SMILES string of the molecule is CC(N)c1ccn(CCn2ccccc2=O)c1. The third-order valence-electron chi connectivity index (χ3n) is 2.80. The van der Waals surface area contributed by atoms with Crippen LogP contribution in [-0.2, 0) is 13.1 Å². The van der Waals surface area contributed by atoms with Crippen molar-refractivity contribution in [1.29, 1.82) is 0 Å². The zero-order chi connectivity index (χ0) is 12.3. The molecule has 0 spiro atoms. The second-order valence-electron chi connectivity index (χ2n) is 4.20. The highest BCUT2D eigenvalue weighted by Crippen LogP contribution is 2.09. The molecule has 2 aromatic heterocycles. The van der Waals surface area contributed by atoms with Gasteiger partial charge in [0.15, 0.2) is 0 Å². The lowest BCUT2D eigenvalue weighted by Crippen LogP contribution is -2.20. The van der Waals surface area contributed by atoms with E-state index in [1.807, 2.05) is 31.5 Å². The fourth-order valence-electron chi connectivity index (χ4n) is 1.74. The van der Waals surface area contributed by atoms with Crippen molar-refractivity contribution < 1.29 is 0 Å². The standard InChI is InChI=1S/C13H17N3O/c1-11(14)12-5-7-15(10-12)8-9-16-6-3-2-4-13(16)17/h2-7,10-11H,8-9,14H2,1H3. The highest BCUT2D eigenvalue weighted by atomic mass is 16.1. The molecule has 0 aliphatic heterocycles. The van der Waals surface area contributed by atoms with Gasteiger partial charge in [0, 0.05) is 43.8 Å². The molecule has 0 amide bonds. The average Bonchev–Trinajstić information content (AvgIpc) is 2.77. The van der Waals surface area contributed by atoms with E-state index >= 15 is 0 Å². The number of hydrogen-bond acceptors (Lipinski definition) is 2. The minimum Gasteiger partial charge on any atom is -0.352 e. The Kier molecular flexibility index (Phi) is 3.44. The van der Waals surface area contributed by atoms with Crippen molar-refractivity contribution in [3.05, 3.63) is 58.8 Å². The van der Waals surface area contributed by atoms with Gasteiger partial charge in [0.05, 0.1) is 0 Å². The lowest BCUT2D eigenvalue weighted by atomic mass is 10.2. The van der Waals surface area contributed by atoms with Crippen LogP contribution in [0.15, 0.2) is 47.7 Å². The Hall–Kier alpha value is -1.81. The number of aromatic nitrogens is 2. The topological polar surface area (TPSA) is 52.9 Å². The zero-order valence-corrected chi connectivity index (χ0v) is 9.91. The van der Waals surface area contributed by atoms with Crippen molar-refractivity contribution in [3.8, 4) is 0 Å². The predicted molar refractivity (Wildman–Crippen MR) is 67.7 cm³/mol. The first-order chi connectivity index (χ1) is 8.16. The summed E-state index contributed by atoms with van der Waals surface area (Å²) >= 11 is 0. The molecule has 90 valence electrons. The van der Waals surface area contributed by atoms with Gasteiger partial charge in [-0.1, -0.05) is 6.07 Å². The van der Waals surface area contributed by atoms with Crippen LogP contribution in [0.4, 0.5) is 0 Å². The summed E-state index contributed by atoms with van der Waals surface area (Å²) in [6.07, 6.45) is 5.82. The van der Waals surface area contributed by atoms with E-state index in [4.69, 9.17) is 5.73 Å². The van der Waals surface area contributed by atoms with E-state index in [1.165, 1.54) is 0 Å². The van der Waals surface area contributed by atoms with Crippen LogP contribution >= 0.6 is 0 Å². The van der Waals surface area contributed by atoms with Crippen LogP contribution in [0.3, 0.4) is 0 Å². The van der Waals surface area contributed by atoms with E-state index in [9.17, 15) is 4.79 Å². The second-order valence-corrected chi connectivity index (χ2v) is 4.20. The van der Waals surface area contributed by atoms with E-state index < -0.39 is 0 Å². The summed E-state index contributed by atoms with van der Waals surface area (Å²) in [6, 6.07) is 7.25. The molecule has 0 aliphatic carbocycles. The zero-order valence-electron chi connectivity index (χ0n) is 9.91. The number of pyridine rings is 1. The number of aryl methyl sites for hydroxylation is 2. The van der Waals surface area contributed by atoms with Crippen LogP contribution in [0.5, 0.6) is 0 Å². The van der Waals surface area contributed by atoms with Gasteiger partial charge in [0.2, 0.25) is 0 Å². The molecule has 0 bridgehead atoms. The molecule has 0 radical (unpaired) electrons. The van der Waals surface area contributed by atoms with E-state index in [2.05, 4.69) is 4.57 Å². The first kappa shape index (κ1) is 11.7. The van der Waals surface area contributed by atoms with Crippen molar-refractivity contribution in [2.75, 3.05) is 0 Å². The van der Waals surface area contributed by atoms with Crippen molar-refractivity contribution in [1.82, 2.24) is 9.13 Å². The monoisotopic (exact) mass is 231 g/mol. The van der Waals surface area contributed by atoms with E-state index in [0.717, 1.165) is 12.1 Å². The van der Waals surface area contributed by atoms with Crippen molar-refractivity contribution in [2.24, 2.45) is 5.73 Å². The Morgan fingerprint density at radius 3 is 2.71 bits per heavy atom. The lowest BCUT2D eigenvalue weighted by molar-refractivity contribution is 0.565. The minimum absolute atomic E-state index is 0.0343. The second kappa shape index (κ2) is 5.01. The molecule has 0 saturated heterocycles. The maximum absolute atomic E-state index is 11.5. The molecule has 17 heavy (non-hydrogen) atoms. The fraction of sp³-hybridized carbons (Fsp3) is 0.308. The Morgan fingerprint density at radius 1 is 1.24 bits per heavy atom. The molecule has 1 unspecified atom stereocenters. The van der Waals surface area contributed by atoms with Crippen molar-refractivity contribution >= 4 is 0 Å². The summed E-state index contributed by atoms with van der Waals surface area (Å²) in [6.45, 7) is 3.41. The molecule has 4 heteroatoms. The predicted octanol–water partition coefficient (Wildman–Crippen LogP) is 1.37. The average molecular weight is 231 g/mol. The van der Waals surface area contributed by atoms with Crippen LogP contribution in [0.25, 0.3) is 0 Å². The molecule has 0 saturated carbocycles. The largest absolute Gasteiger partial charge is 0.352 e. The van der Waals surface area contributed by atoms with Gasteiger partial charge in [-0.15, -0.1) is 0 Å². The smallest absolute Gasteiger partial charge is 0.250 e. The summed E-state index contributed by atoms with van der Waals surface area (Å²) < 4.78 is 3.75. The lowest BCUT2D eigenvalue weighted by Gasteiger charge is -2.06. The summed E-state index contributed by atoms with van der Waals surface area (Å²) in [5.74, 6) is 0. The summed E-state index contributed by atoms with van der Waals surface area (Å²) in [5.41, 5.74) is 6.94. The summed E-state index contributed by atoms with van der Waals surface area (Å²) in [5, 5.41) is 0. The molecule has 2 rings (SSSR count). The third-order valence-corrected chi connectivity index (χ3v) is 2.80. The quantitative estimate of drug-likeness (QED) is 0.864. The molecule has 2 aromatic rings. The van der Waals surface area contributed by atoms with Crippen LogP contribution in [-0.4, -0.2) is 9.13 Å². The molecular formula is C13H17N3O. The Labute approximate surface area is 100 Å². The van der Waals surface area contributed by atoms with Crippen LogP contribution in [0.1, 0.15) is 18.5 Å². The van der Waals surface area contributed by atoms with E-state index in [0.29, 0.717) is 6.54 Å². The van der Waals surface area contributed by atoms with Gasteiger partial charge in [0.25, 0.3) is 5.56 Å². The Bertz CT molecular complexity index is 539. The highest BCUT2D eigenvalue weighted by Gasteiger charge is 2.01. The number of hydrogen-bond donors (Lipinski definition) is 1. The van der Waals surface area contributed by atoms with Gasteiger partial charge in [-0.05, 0) is 24.6 Å². The number of nitrogens with two attached hydrogens (primary N) is 1. The number of nitrogens with zero attached hydrogens (tertiary/aromatic N) is 2. The van der Waals surface area contributed by atoms with E-state index in [1.54, 1.807) is 22.9 Å².